The summed E-state index contributed by atoms with van der Waals surface area (Å²) in [5.74, 6) is 0. The van der Waals surface area contributed by atoms with E-state index >= 15 is 0 Å². The molecule has 0 aliphatic carbocycles. The summed E-state index contributed by atoms with van der Waals surface area (Å²) in [5, 5.41) is 20.2. The molecule has 11 heavy (non-hydrogen) atoms. The zero-order valence-corrected chi connectivity index (χ0v) is 7.04. The molecule has 0 saturated carbocycles. The van der Waals surface area contributed by atoms with Crippen LogP contribution in [0.15, 0.2) is 5.16 Å². The van der Waals surface area contributed by atoms with Crippen LogP contribution in [0.2, 0.25) is 0 Å². The lowest BCUT2D eigenvalue weighted by atomic mass is 9.89. The molecular weight excluding hydrogens is 144 g/mol. The SMILES string of the molecule is CCC(N)(CC)C(CO)=NO. The Morgan fingerprint density at radius 2 is 1.91 bits per heavy atom. The van der Waals surface area contributed by atoms with Crippen molar-refractivity contribution in [2.75, 3.05) is 6.61 Å². The molecule has 4 nitrogen and oxygen atoms in total. The monoisotopic (exact) mass is 160 g/mol. The van der Waals surface area contributed by atoms with Gasteiger partial charge >= 0.3 is 0 Å². The van der Waals surface area contributed by atoms with E-state index in [1.807, 2.05) is 13.8 Å². The molecular formula is C7H16N2O2. The van der Waals surface area contributed by atoms with Crippen LogP contribution < -0.4 is 5.73 Å². The maximum atomic E-state index is 8.75. The van der Waals surface area contributed by atoms with Crippen molar-refractivity contribution in [3.63, 3.8) is 0 Å². The fourth-order valence-electron chi connectivity index (χ4n) is 0.947. The van der Waals surface area contributed by atoms with Crippen molar-refractivity contribution in [2.45, 2.75) is 32.2 Å². The highest BCUT2D eigenvalue weighted by Crippen LogP contribution is 2.13. The van der Waals surface area contributed by atoms with Gasteiger partial charge in [0.1, 0.15) is 5.71 Å². The van der Waals surface area contributed by atoms with Gasteiger partial charge in [0.25, 0.3) is 0 Å². The van der Waals surface area contributed by atoms with E-state index in [1.165, 1.54) is 0 Å². The maximum Gasteiger partial charge on any atom is 0.102 e. The second-order valence-corrected chi connectivity index (χ2v) is 2.57. The number of hydrogen-bond donors (Lipinski definition) is 3. The minimum absolute atomic E-state index is 0.252. The Balaban J connectivity index is 4.46. The van der Waals surface area contributed by atoms with Gasteiger partial charge in [0.2, 0.25) is 0 Å². The molecule has 0 bridgehead atoms. The molecule has 0 heterocycles. The van der Waals surface area contributed by atoms with Gasteiger partial charge in [0, 0.05) is 0 Å². The van der Waals surface area contributed by atoms with Crippen LogP contribution in [0.25, 0.3) is 0 Å². The first-order valence-electron chi connectivity index (χ1n) is 3.75. The molecule has 0 amide bonds. The van der Waals surface area contributed by atoms with E-state index in [0.29, 0.717) is 12.8 Å². The Labute approximate surface area is 66.7 Å². The van der Waals surface area contributed by atoms with Crippen LogP contribution in [-0.4, -0.2) is 28.2 Å². The van der Waals surface area contributed by atoms with E-state index in [9.17, 15) is 0 Å². The van der Waals surface area contributed by atoms with Crippen LogP contribution in [0, 0.1) is 0 Å². The van der Waals surface area contributed by atoms with Gasteiger partial charge in [-0.1, -0.05) is 19.0 Å². The van der Waals surface area contributed by atoms with Crippen molar-refractivity contribution in [3.05, 3.63) is 0 Å². The van der Waals surface area contributed by atoms with Gasteiger partial charge in [-0.25, -0.2) is 0 Å². The van der Waals surface area contributed by atoms with Crippen LogP contribution >= 0.6 is 0 Å². The average molecular weight is 160 g/mol. The van der Waals surface area contributed by atoms with Crippen LogP contribution in [0.3, 0.4) is 0 Å². The van der Waals surface area contributed by atoms with E-state index in [4.69, 9.17) is 16.0 Å². The first-order chi connectivity index (χ1) is 5.14. The van der Waals surface area contributed by atoms with Gasteiger partial charge in [0.05, 0.1) is 12.1 Å². The van der Waals surface area contributed by atoms with Crippen LogP contribution in [0.1, 0.15) is 26.7 Å². The second kappa shape index (κ2) is 4.31. The quantitative estimate of drug-likeness (QED) is 0.315. The first kappa shape index (κ1) is 10.4. The minimum atomic E-state index is -0.649. The predicted molar refractivity (Wildman–Crippen MR) is 43.8 cm³/mol. The fourth-order valence-corrected chi connectivity index (χ4v) is 0.947. The highest BCUT2D eigenvalue weighted by atomic mass is 16.4. The molecule has 0 fully saturated rings. The molecule has 66 valence electrons. The molecule has 0 aliphatic rings. The summed E-state index contributed by atoms with van der Waals surface area (Å²) >= 11 is 0. The Kier molecular flexibility index (Phi) is 4.07. The summed E-state index contributed by atoms with van der Waals surface area (Å²) in [6.07, 6.45) is 1.31. The highest BCUT2D eigenvalue weighted by Gasteiger charge is 2.27. The molecule has 0 spiro atoms. The van der Waals surface area contributed by atoms with E-state index in [0.717, 1.165) is 0 Å². The number of oxime groups is 1. The number of rotatable bonds is 4. The summed E-state index contributed by atoms with van der Waals surface area (Å²) in [5.41, 5.74) is 5.41. The highest BCUT2D eigenvalue weighted by molar-refractivity contribution is 5.93. The topological polar surface area (TPSA) is 78.8 Å². The maximum absolute atomic E-state index is 8.75. The van der Waals surface area contributed by atoms with E-state index < -0.39 is 5.54 Å². The summed E-state index contributed by atoms with van der Waals surface area (Å²) in [6.45, 7) is 3.50. The summed E-state index contributed by atoms with van der Waals surface area (Å²) in [4.78, 5) is 0. The van der Waals surface area contributed by atoms with Gasteiger partial charge < -0.3 is 16.0 Å². The normalized spacial score (nSPS) is 13.6. The van der Waals surface area contributed by atoms with Crippen LogP contribution in [0.4, 0.5) is 0 Å². The molecule has 0 aromatic heterocycles. The van der Waals surface area contributed by atoms with Gasteiger partial charge in [0.15, 0.2) is 0 Å². The first-order valence-corrected chi connectivity index (χ1v) is 3.75. The molecule has 0 aromatic carbocycles. The molecule has 0 saturated heterocycles. The Morgan fingerprint density at radius 3 is 2.00 bits per heavy atom. The molecule has 0 unspecified atom stereocenters. The third-order valence-electron chi connectivity index (χ3n) is 2.11. The predicted octanol–water partition coefficient (Wildman–Crippen LogP) is 0.326. The van der Waals surface area contributed by atoms with Crippen molar-refractivity contribution < 1.29 is 10.3 Å². The summed E-state index contributed by atoms with van der Waals surface area (Å²) in [6, 6.07) is 0. The van der Waals surface area contributed by atoms with Gasteiger partial charge in [-0.05, 0) is 12.8 Å². The number of nitrogens with zero attached hydrogens (tertiary/aromatic N) is 1. The third-order valence-corrected chi connectivity index (χ3v) is 2.11. The van der Waals surface area contributed by atoms with E-state index in [2.05, 4.69) is 5.16 Å². The number of aliphatic hydroxyl groups excluding tert-OH is 1. The number of aliphatic hydroxyl groups is 1. The lowest BCUT2D eigenvalue weighted by Crippen LogP contribution is -2.48. The zero-order chi connectivity index (χ0) is 8.91. The Bertz CT molecular complexity index is 141. The average Bonchev–Trinajstić information content (AvgIpc) is 2.06. The molecule has 4 N–H and O–H groups in total. The minimum Gasteiger partial charge on any atom is -0.411 e. The molecule has 0 atom stereocenters. The zero-order valence-electron chi connectivity index (χ0n) is 7.04. The smallest absolute Gasteiger partial charge is 0.102 e. The Morgan fingerprint density at radius 1 is 1.45 bits per heavy atom. The lowest BCUT2D eigenvalue weighted by molar-refractivity contribution is 0.288. The molecule has 0 aromatic rings. The number of nitrogens with two attached hydrogens (primary N) is 1. The third kappa shape index (κ3) is 2.17. The molecule has 0 radical (unpaired) electrons. The lowest BCUT2D eigenvalue weighted by Gasteiger charge is -2.25. The summed E-state index contributed by atoms with van der Waals surface area (Å²) < 4.78 is 0. The van der Waals surface area contributed by atoms with Crippen LogP contribution in [-0.2, 0) is 0 Å². The second-order valence-electron chi connectivity index (χ2n) is 2.57. The van der Waals surface area contributed by atoms with E-state index in [-0.39, 0.29) is 12.3 Å². The van der Waals surface area contributed by atoms with Gasteiger partial charge in [-0.15, -0.1) is 0 Å². The van der Waals surface area contributed by atoms with Gasteiger partial charge in [-0.3, -0.25) is 0 Å². The largest absolute Gasteiger partial charge is 0.411 e. The fraction of sp³-hybridized carbons (Fsp3) is 0.857. The number of hydrogen-bond acceptors (Lipinski definition) is 4. The van der Waals surface area contributed by atoms with Crippen molar-refractivity contribution in [3.8, 4) is 0 Å². The van der Waals surface area contributed by atoms with Crippen molar-refractivity contribution in [1.29, 1.82) is 0 Å². The summed E-state index contributed by atoms with van der Waals surface area (Å²) in [7, 11) is 0. The van der Waals surface area contributed by atoms with E-state index in [1.54, 1.807) is 0 Å². The van der Waals surface area contributed by atoms with Crippen molar-refractivity contribution >= 4 is 5.71 Å². The standard InChI is InChI=1S/C7H16N2O2/c1-3-7(8,4-2)6(5-10)9-11/h10-11H,3-5,8H2,1-2H3. The Hall–Kier alpha value is -0.610. The van der Waals surface area contributed by atoms with Crippen molar-refractivity contribution in [2.24, 2.45) is 10.9 Å². The molecule has 4 heteroatoms. The van der Waals surface area contributed by atoms with Crippen molar-refractivity contribution in [1.82, 2.24) is 0 Å². The molecule has 0 aliphatic heterocycles. The van der Waals surface area contributed by atoms with Gasteiger partial charge in [-0.2, -0.15) is 0 Å². The van der Waals surface area contributed by atoms with Crippen LogP contribution in [0.5, 0.6) is 0 Å². The molecule has 0 rings (SSSR count).